The molecule has 34 heavy (non-hydrogen) atoms. The minimum atomic E-state index is -1.51. The second kappa shape index (κ2) is 8.23. The van der Waals surface area contributed by atoms with Gasteiger partial charge in [-0.3, -0.25) is 9.48 Å². The lowest BCUT2D eigenvalue weighted by Crippen LogP contribution is -2.39. The van der Waals surface area contributed by atoms with Crippen LogP contribution in [0.4, 0.5) is 11.5 Å². The van der Waals surface area contributed by atoms with Crippen LogP contribution in [0.2, 0.25) is 0 Å². The van der Waals surface area contributed by atoms with Gasteiger partial charge in [0, 0.05) is 30.7 Å². The van der Waals surface area contributed by atoms with E-state index in [4.69, 9.17) is 15.7 Å². The van der Waals surface area contributed by atoms with Crippen molar-refractivity contribution < 1.29 is 19.7 Å². The molecule has 5 rings (SSSR count). The van der Waals surface area contributed by atoms with Gasteiger partial charge in [-0.1, -0.05) is 6.07 Å². The topological polar surface area (TPSA) is 177 Å². The standard InChI is InChI=1S/C22H20N8O4/c1-29-6-5-14(28-29)13-9-30(20-15(13)19(24)25-10-26-20)22-17(32)16(31)18(34-22)21(33)27-12-4-2-3-11(7-12)8-23/h2-7,9-10,16-18,22,31-32H,1H3,(H,27,33)(H2,24,25,26)/t16-,17+,18-,22+/m0/s1. The number of aliphatic hydroxyl groups is 2. The number of carbonyl (C=O) groups excluding carboxylic acids is 1. The molecule has 0 radical (unpaired) electrons. The first-order valence-electron chi connectivity index (χ1n) is 10.3. The van der Waals surface area contributed by atoms with Crippen LogP contribution in [0.1, 0.15) is 11.8 Å². The zero-order valence-electron chi connectivity index (χ0n) is 17.9. The molecule has 1 fully saturated rings. The van der Waals surface area contributed by atoms with E-state index < -0.39 is 30.4 Å². The summed E-state index contributed by atoms with van der Waals surface area (Å²) in [5, 5.41) is 38.0. The Labute approximate surface area is 192 Å². The van der Waals surface area contributed by atoms with Gasteiger partial charge in [0.2, 0.25) is 0 Å². The molecule has 4 heterocycles. The van der Waals surface area contributed by atoms with Crippen molar-refractivity contribution in [3.63, 3.8) is 0 Å². The highest BCUT2D eigenvalue weighted by Gasteiger charge is 2.48. The number of nitriles is 1. The first-order valence-corrected chi connectivity index (χ1v) is 10.3. The van der Waals surface area contributed by atoms with Crippen LogP contribution in [0.5, 0.6) is 0 Å². The predicted octanol–water partition coefficient (Wildman–Crippen LogP) is 0.544. The highest BCUT2D eigenvalue weighted by atomic mass is 16.6. The number of ether oxygens (including phenoxy) is 1. The number of amides is 1. The molecule has 1 saturated heterocycles. The van der Waals surface area contributed by atoms with E-state index in [0.717, 1.165) is 0 Å². The molecule has 3 aromatic heterocycles. The van der Waals surface area contributed by atoms with E-state index in [1.165, 1.54) is 17.0 Å². The van der Waals surface area contributed by atoms with E-state index in [2.05, 4.69) is 20.4 Å². The summed E-state index contributed by atoms with van der Waals surface area (Å²) in [6.07, 6.45) is -0.768. The Morgan fingerprint density at radius 1 is 1.26 bits per heavy atom. The van der Waals surface area contributed by atoms with Crippen molar-refractivity contribution in [1.29, 1.82) is 5.26 Å². The molecule has 0 spiro atoms. The maximum absolute atomic E-state index is 12.8. The van der Waals surface area contributed by atoms with Crippen molar-refractivity contribution in [1.82, 2.24) is 24.3 Å². The van der Waals surface area contributed by atoms with Gasteiger partial charge in [0.25, 0.3) is 5.91 Å². The Bertz CT molecular complexity index is 1440. The normalized spacial score (nSPS) is 22.1. The van der Waals surface area contributed by atoms with Gasteiger partial charge in [-0.2, -0.15) is 10.4 Å². The van der Waals surface area contributed by atoms with E-state index in [-0.39, 0.29) is 5.82 Å². The zero-order chi connectivity index (χ0) is 24.0. The van der Waals surface area contributed by atoms with Crippen molar-refractivity contribution in [2.24, 2.45) is 7.05 Å². The number of aryl methyl sites for hydroxylation is 1. The van der Waals surface area contributed by atoms with Crippen LogP contribution < -0.4 is 11.1 Å². The molecule has 1 amide bonds. The molecule has 0 bridgehead atoms. The molecule has 1 aliphatic heterocycles. The lowest BCUT2D eigenvalue weighted by molar-refractivity contribution is -0.132. The van der Waals surface area contributed by atoms with Gasteiger partial charge in [0.1, 0.15) is 30.0 Å². The first-order chi connectivity index (χ1) is 16.4. The average Bonchev–Trinajstić information content (AvgIpc) is 3.51. The monoisotopic (exact) mass is 460 g/mol. The summed E-state index contributed by atoms with van der Waals surface area (Å²) in [6.45, 7) is 0. The first kappa shape index (κ1) is 21.5. The summed E-state index contributed by atoms with van der Waals surface area (Å²) in [7, 11) is 1.78. The molecular weight excluding hydrogens is 440 g/mol. The number of hydrogen-bond donors (Lipinski definition) is 4. The third-order valence-electron chi connectivity index (χ3n) is 5.66. The smallest absolute Gasteiger partial charge is 0.256 e. The molecule has 1 aliphatic rings. The van der Waals surface area contributed by atoms with Gasteiger partial charge < -0.3 is 30.6 Å². The third-order valence-corrected chi connectivity index (χ3v) is 5.66. The van der Waals surface area contributed by atoms with Crippen LogP contribution in [-0.4, -0.2) is 58.7 Å². The van der Waals surface area contributed by atoms with Gasteiger partial charge >= 0.3 is 0 Å². The Morgan fingerprint density at radius 3 is 2.82 bits per heavy atom. The number of aromatic nitrogens is 5. The van der Waals surface area contributed by atoms with Crippen LogP contribution in [0.25, 0.3) is 22.3 Å². The van der Waals surface area contributed by atoms with E-state index in [1.54, 1.807) is 48.4 Å². The molecule has 1 aromatic carbocycles. The number of aliphatic hydroxyl groups excluding tert-OH is 2. The fourth-order valence-electron chi connectivity index (χ4n) is 4.04. The number of fused-ring (bicyclic) bond motifs is 1. The van der Waals surface area contributed by atoms with Crippen LogP contribution >= 0.6 is 0 Å². The molecule has 12 heteroatoms. The summed E-state index contributed by atoms with van der Waals surface area (Å²) < 4.78 is 8.96. The summed E-state index contributed by atoms with van der Waals surface area (Å²) in [4.78, 5) is 21.2. The van der Waals surface area contributed by atoms with Crippen LogP contribution in [0, 0.1) is 11.3 Å². The van der Waals surface area contributed by atoms with Crippen molar-refractivity contribution in [3.05, 3.63) is 54.6 Å². The molecule has 0 aliphatic carbocycles. The van der Waals surface area contributed by atoms with E-state index >= 15 is 0 Å². The van der Waals surface area contributed by atoms with Gasteiger partial charge in [0.15, 0.2) is 12.3 Å². The number of nitrogens with one attached hydrogen (secondary N) is 1. The average molecular weight is 460 g/mol. The SMILES string of the molecule is Cn1ccc(-c2cn([C@@H]3O[C@H](C(=O)Nc4cccc(C#N)c4)[C@@H](O)[C@H]3O)c3ncnc(N)c23)n1. The molecule has 4 aromatic rings. The van der Waals surface area contributed by atoms with Crippen LogP contribution in [0.15, 0.2) is 49.1 Å². The minimum Gasteiger partial charge on any atom is -0.387 e. The van der Waals surface area contributed by atoms with E-state index in [1.807, 2.05) is 6.07 Å². The van der Waals surface area contributed by atoms with Crippen LogP contribution in [-0.2, 0) is 16.6 Å². The number of anilines is 2. The van der Waals surface area contributed by atoms with Crippen LogP contribution in [0.3, 0.4) is 0 Å². The van der Waals surface area contributed by atoms with Crippen molar-refractivity contribution >= 4 is 28.4 Å². The molecular formula is C22H20N8O4. The van der Waals surface area contributed by atoms with Crippen molar-refractivity contribution in [3.8, 4) is 17.3 Å². The Kier molecular flexibility index (Phi) is 5.21. The highest BCUT2D eigenvalue weighted by Crippen LogP contribution is 2.38. The summed E-state index contributed by atoms with van der Waals surface area (Å²) in [5.41, 5.74) is 8.42. The third kappa shape index (κ3) is 3.54. The molecule has 5 N–H and O–H groups in total. The molecule has 0 saturated carbocycles. The lowest BCUT2D eigenvalue weighted by atomic mass is 10.1. The number of carbonyl (C=O) groups is 1. The predicted molar refractivity (Wildman–Crippen MR) is 120 cm³/mol. The Morgan fingerprint density at radius 2 is 2.09 bits per heavy atom. The highest BCUT2D eigenvalue weighted by molar-refractivity contribution is 6.00. The summed E-state index contributed by atoms with van der Waals surface area (Å²) in [6, 6.07) is 10.1. The summed E-state index contributed by atoms with van der Waals surface area (Å²) >= 11 is 0. The Hall–Kier alpha value is -4.31. The minimum absolute atomic E-state index is 0.212. The molecule has 4 atom stereocenters. The number of nitrogens with two attached hydrogens (primary N) is 1. The quantitative estimate of drug-likeness (QED) is 0.338. The van der Waals surface area contributed by atoms with E-state index in [9.17, 15) is 15.0 Å². The number of hydrogen-bond acceptors (Lipinski definition) is 9. The fraction of sp³-hybridized carbons (Fsp3) is 0.227. The molecule has 172 valence electrons. The number of benzene rings is 1. The maximum Gasteiger partial charge on any atom is 0.256 e. The van der Waals surface area contributed by atoms with E-state index in [0.29, 0.717) is 33.5 Å². The molecule has 12 nitrogen and oxygen atoms in total. The molecule has 0 unspecified atom stereocenters. The summed E-state index contributed by atoms with van der Waals surface area (Å²) in [5.74, 6) is -0.455. The lowest BCUT2D eigenvalue weighted by Gasteiger charge is -2.17. The Balaban J connectivity index is 1.49. The van der Waals surface area contributed by atoms with Gasteiger partial charge in [-0.05, 0) is 24.3 Å². The second-order valence-corrected chi connectivity index (χ2v) is 7.89. The van der Waals surface area contributed by atoms with Gasteiger partial charge in [-0.25, -0.2) is 9.97 Å². The second-order valence-electron chi connectivity index (χ2n) is 7.89. The maximum atomic E-state index is 12.8. The van der Waals surface area contributed by atoms with Gasteiger partial charge in [0.05, 0.1) is 22.7 Å². The fourth-order valence-corrected chi connectivity index (χ4v) is 4.04. The van der Waals surface area contributed by atoms with Crippen molar-refractivity contribution in [2.45, 2.75) is 24.5 Å². The number of nitrogen functional groups attached to an aromatic ring is 1. The number of nitrogens with zero attached hydrogens (tertiary/aromatic N) is 6. The number of rotatable bonds is 4. The largest absolute Gasteiger partial charge is 0.387 e. The van der Waals surface area contributed by atoms with Crippen molar-refractivity contribution in [2.75, 3.05) is 11.1 Å². The van der Waals surface area contributed by atoms with Gasteiger partial charge in [-0.15, -0.1) is 0 Å². The zero-order valence-corrected chi connectivity index (χ0v) is 17.9.